The van der Waals surface area contributed by atoms with Gasteiger partial charge in [0.05, 0.1) is 11.4 Å². The molecule has 3 heterocycles. The zero-order valence-electron chi connectivity index (χ0n) is 15.6. The Morgan fingerprint density at radius 3 is 2.76 bits per heavy atom. The molecule has 25 heavy (non-hydrogen) atoms. The van der Waals surface area contributed by atoms with Crippen LogP contribution in [0.4, 0.5) is 0 Å². The van der Waals surface area contributed by atoms with Gasteiger partial charge in [-0.2, -0.15) is 5.10 Å². The third kappa shape index (κ3) is 3.85. The number of aryl methyl sites for hydroxylation is 2. The highest BCUT2D eigenvalue weighted by molar-refractivity contribution is 5.19. The van der Waals surface area contributed by atoms with Gasteiger partial charge < -0.3 is 14.6 Å². The highest BCUT2D eigenvalue weighted by Crippen LogP contribution is 2.27. The highest BCUT2D eigenvalue weighted by Gasteiger charge is 2.21. The summed E-state index contributed by atoms with van der Waals surface area (Å²) >= 11 is 0. The standard InChI is InChI=1S/C19H28N4O2/c1-13-5-6-16(19(24)22(13)3)12-20-14(2)18-11-17(21-23(18)4)15-7-9-25-10-8-15/h5-6,11,14-15,20H,7-10,12H2,1-4H3. The van der Waals surface area contributed by atoms with Crippen molar-refractivity contribution in [1.29, 1.82) is 0 Å². The van der Waals surface area contributed by atoms with Gasteiger partial charge in [0.1, 0.15) is 0 Å². The van der Waals surface area contributed by atoms with Crippen molar-refractivity contribution in [2.75, 3.05) is 13.2 Å². The van der Waals surface area contributed by atoms with E-state index in [2.05, 4.69) is 18.3 Å². The van der Waals surface area contributed by atoms with Crippen molar-refractivity contribution >= 4 is 0 Å². The summed E-state index contributed by atoms with van der Waals surface area (Å²) in [6, 6.07) is 6.21. The molecule has 6 heteroatoms. The van der Waals surface area contributed by atoms with Crippen LogP contribution in [0, 0.1) is 6.92 Å². The third-order valence-electron chi connectivity index (χ3n) is 5.25. The number of rotatable bonds is 5. The molecule has 2 aromatic rings. The molecule has 136 valence electrons. The van der Waals surface area contributed by atoms with Gasteiger partial charge in [-0.1, -0.05) is 6.07 Å². The second-order valence-corrected chi connectivity index (χ2v) is 6.97. The maximum Gasteiger partial charge on any atom is 0.254 e. The van der Waals surface area contributed by atoms with Crippen LogP contribution in [-0.4, -0.2) is 27.6 Å². The molecule has 6 nitrogen and oxygen atoms in total. The van der Waals surface area contributed by atoms with Crippen LogP contribution in [-0.2, 0) is 25.4 Å². The van der Waals surface area contributed by atoms with Gasteiger partial charge >= 0.3 is 0 Å². The monoisotopic (exact) mass is 344 g/mol. The van der Waals surface area contributed by atoms with Crippen LogP contribution < -0.4 is 10.9 Å². The van der Waals surface area contributed by atoms with E-state index < -0.39 is 0 Å². The van der Waals surface area contributed by atoms with E-state index >= 15 is 0 Å². The molecule has 1 aliphatic heterocycles. The second kappa shape index (κ2) is 7.54. The number of pyridine rings is 1. The van der Waals surface area contributed by atoms with Crippen molar-refractivity contribution in [2.45, 2.75) is 45.2 Å². The summed E-state index contributed by atoms with van der Waals surface area (Å²) in [6.45, 7) is 6.24. The van der Waals surface area contributed by atoms with E-state index in [1.165, 1.54) is 0 Å². The van der Waals surface area contributed by atoms with E-state index in [4.69, 9.17) is 9.84 Å². The minimum absolute atomic E-state index is 0.0626. The summed E-state index contributed by atoms with van der Waals surface area (Å²) in [5.41, 5.74) is 4.11. The molecule has 3 rings (SSSR count). The average Bonchev–Trinajstić information content (AvgIpc) is 3.01. The van der Waals surface area contributed by atoms with E-state index in [1.807, 2.05) is 37.8 Å². The fourth-order valence-corrected chi connectivity index (χ4v) is 3.38. The summed E-state index contributed by atoms with van der Waals surface area (Å²) in [5, 5.41) is 8.17. The molecule has 0 aliphatic carbocycles. The fourth-order valence-electron chi connectivity index (χ4n) is 3.38. The smallest absolute Gasteiger partial charge is 0.254 e. The number of aromatic nitrogens is 3. The maximum absolute atomic E-state index is 12.3. The van der Waals surface area contributed by atoms with E-state index in [9.17, 15) is 4.79 Å². The summed E-state index contributed by atoms with van der Waals surface area (Å²) < 4.78 is 9.09. The Bertz CT molecular complexity index is 787. The predicted octanol–water partition coefficient (Wildman–Crippen LogP) is 2.17. The topological polar surface area (TPSA) is 61.1 Å². The van der Waals surface area contributed by atoms with Gasteiger partial charge in [-0.3, -0.25) is 9.48 Å². The Labute approximate surface area is 148 Å². The lowest BCUT2D eigenvalue weighted by Crippen LogP contribution is -2.28. The number of ether oxygens (including phenoxy) is 1. The summed E-state index contributed by atoms with van der Waals surface area (Å²) in [5.74, 6) is 0.491. The molecule has 1 saturated heterocycles. The van der Waals surface area contributed by atoms with E-state index in [1.54, 1.807) is 4.57 Å². The Kier molecular flexibility index (Phi) is 5.39. The molecule has 0 saturated carbocycles. The molecular formula is C19H28N4O2. The minimum atomic E-state index is 0.0626. The van der Waals surface area contributed by atoms with E-state index in [-0.39, 0.29) is 11.6 Å². The summed E-state index contributed by atoms with van der Waals surface area (Å²) in [4.78, 5) is 12.3. The van der Waals surface area contributed by atoms with Crippen LogP contribution in [0.5, 0.6) is 0 Å². The Balaban J connectivity index is 1.69. The zero-order chi connectivity index (χ0) is 18.0. The van der Waals surface area contributed by atoms with Crippen LogP contribution in [0.3, 0.4) is 0 Å². The Hall–Kier alpha value is -1.92. The Morgan fingerprint density at radius 1 is 1.32 bits per heavy atom. The fraction of sp³-hybridized carbons (Fsp3) is 0.579. The quantitative estimate of drug-likeness (QED) is 0.903. The molecule has 1 aliphatic rings. The van der Waals surface area contributed by atoms with Crippen molar-refractivity contribution in [3.05, 3.63) is 51.2 Å². The van der Waals surface area contributed by atoms with E-state index in [0.29, 0.717) is 12.5 Å². The summed E-state index contributed by atoms with van der Waals surface area (Å²) in [7, 11) is 3.80. The number of nitrogens with zero attached hydrogens (tertiary/aromatic N) is 3. The molecule has 1 N–H and O–H groups in total. The first-order valence-electron chi connectivity index (χ1n) is 8.98. The number of nitrogens with one attached hydrogen (secondary N) is 1. The highest BCUT2D eigenvalue weighted by atomic mass is 16.5. The van der Waals surface area contributed by atoms with E-state index in [0.717, 1.165) is 48.7 Å². The Morgan fingerprint density at radius 2 is 2.04 bits per heavy atom. The minimum Gasteiger partial charge on any atom is -0.381 e. The lowest BCUT2D eigenvalue weighted by atomic mass is 9.96. The molecule has 1 fully saturated rings. The second-order valence-electron chi connectivity index (χ2n) is 6.97. The van der Waals surface area contributed by atoms with Crippen LogP contribution in [0.1, 0.15) is 54.4 Å². The van der Waals surface area contributed by atoms with Crippen LogP contribution in [0.2, 0.25) is 0 Å². The lowest BCUT2D eigenvalue weighted by Gasteiger charge is -2.19. The van der Waals surface area contributed by atoms with Crippen molar-refractivity contribution < 1.29 is 4.74 Å². The van der Waals surface area contributed by atoms with Crippen LogP contribution in [0.25, 0.3) is 0 Å². The molecular weight excluding hydrogens is 316 g/mol. The molecule has 2 aromatic heterocycles. The lowest BCUT2D eigenvalue weighted by molar-refractivity contribution is 0.0844. The first-order valence-corrected chi connectivity index (χ1v) is 8.98. The number of hydrogen-bond donors (Lipinski definition) is 1. The maximum atomic E-state index is 12.3. The van der Waals surface area contributed by atoms with Crippen LogP contribution in [0.15, 0.2) is 23.0 Å². The van der Waals surface area contributed by atoms with Gasteiger partial charge in [0.25, 0.3) is 5.56 Å². The van der Waals surface area contributed by atoms with Gasteiger partial charge in [0.2, 0.25) is 0 Å². The first-order chi connectivity index (χ1) is 12.0. The molecule has 1 atom stereocenters. The molecule has 1 unspecified atom stereocenters. The molecule has 0 spiro atoms. The van der Waals surface area contributed by atoms with Crippen molar-refractivity contribution in [3.8, 4) is 0 Å². The normalized spacial score (nSPS) is 17.0. The van der Waals surface area contributed by atoms with Gasteiger partial charge in [-0.05, 0) is 38.8 Å². The molecule has 0 radical (unpaired) electrons. The van der Waals surface area contributed by atoms with Gasteiger partial charge in [-0.15, -0.1) is 0 Å². The summed E-state index contributed by atoms with van der Waals surface area (Å²) in [6.07, 6.45) is 2.08. The molecule has 0 aromatic carbocycles. The predicted molar refractivity (Wildman–Crippen MR) is 97.7 cm³/mol. The molecule has 0 bridgehead atoms. The van der Waals surface area contributed by atoms with Gasteiger partial charge in [0, 0.05) is 57.1 Å². The SMILES string of the molecule is Cc1ccc(CNC(C)c2cc(C3CCOCC3)nn2C)c(=O)n1C. The van der Waals surface area contributed by atoms with Crippen molar-refractivity contribution in [1.82, 2.24) is 19.7 Å². The number of hydrogen-bond acceptors (Lipinski definition) is 4. The van der Waals surface area contributed by atoms with Crippen LogP contribution >= 0.6 is 0 Å². The van der Waals surface area contributed by atoms with Gasteiger partial charge in [-0.25, -0.2) is 0 Å². The van der Waals surface area contributed by atoms with Crippen molar-refractivity contribution in [2.24, 2.45) is 14.1 Å². The van der Waals surface area contributed by atoms with Gasteiger partial charge in [0.15, 0.2) is 0 Å². The third-order valence-corrected chi connectivity index (χ3v) is 5.25. The van der Waals surface area contributed by atoms with Crippen molar-refractivity contribution in [3.63, 3.8) is 0 Å². The largest absolute Gasteiger partial charge is 0.381 e. The average molecular weight is 344 g/mol. The first kappa shape index (κ1) is 17.9. The molecule has 0 amide bonds. The zero-order valence-corrected chi connectivity index (χ0v) is 15.6.